The predicted molar refractivity (Wildman–Crippen MR) is 103 cm³/mol. The van der Waals surface area contributed by atoms with Gasteiger partial charge in [0.25, 0.3) is 0 Å². The van der Waals surface area contributed by atoms with Crippen molar-refractivity contribution in [3.8, 4) is 11.5 Å². The highest BCUT2D eigenvalue weighted by molar-refractivity contribution is 6.35. The Labute approximate surface area is 161 Å². The molecule has 0 aliphatic carbocycles. The number of esters is 1. The van der Waals surface area contributed by atoms with E-state index in [9.17, 15) is 4.79 Å². The lowest BCUT2D eigenvalue weighted by molar-refractivity contribution is -0.870. The van der Waals surface area contributed by atoms with Gasteiger partial charge in [-0.3, -0.25) is 0 Å². The maximum absolute atomic E-state index is 12.2. The molecule has 0 fully saturated rings. The number of carbonyl (C=O) groups excluding carboxylic acids is 1. The largest absolute Gasteiger partial charge is 0.456 e. The van der Waals surface area contributed by atoms with E-state index in [4.69, 9.17) is 32.4 Å². The Morgan fingerprint density at radius 2 is 1.81 bits per heavy atom. The fraction of sp³-hybridized carbons (Fsp3) is 0.263. The lowest BCUT2D eigenvalue weighted by Crippen LogP contribution is -2.38. The Hall–Kier alpha value is -2.08. The van der Waals surface area contributed by atoms with E-state index in [2.05, 4.69) is 4.98 Å². The number of quaternary nitrogens is 1. The van der Waals surface area contributed by atoms with Crippen LogP contribution < -0.4 is 0 Å². The number of nitrogens with zero attached hydrogens (tertiary/aromatic N) is 2. The maximum Gasteiger partial charge on any atom is 0.338 e. The molecule has 7 heteroatoms. The summed E-state index contributed by atoms with van der Waals surface area (Å²) < 4.78 is 11.8. The van der Waals surface area contributed by atoms with Gasteiger partial charge in [0.1, 0.15) is 18.7 Å². The van der Waals surface area contributed by atoms with E-state index in [1.54, 1.807) is 36.4 Å². The molecule has 0 N–H and O–H groups in total. The number of oxazole rings is 1. The van der Waals surface area contributed by atoms with Gasteiger partial charge in [0.05, 0.1) is 26.7 Å². The van der Waals surface area contributed by atoms with Gasteiger partial charge in [0.15, 0.2) is 5.58 Å². The van der Waals surface area contributed by atoms with Crippen LogP contribution in [0.15, 0.2) is 40.8 Å². The third-order valence-corrected chi connectivity index (χ3v) is 4.17. The molecule has 0 atom stereocenters. The number of benzene rings is 2. The Bertz CT molecular complexity index is 941. The summed E-state index contributed by atoms with van der Waals surface area (Å²) in [5, 5.41) is 0.993. The second kappa shape index (κ2) is 7.27. The molecular weight excluding hydrogens is 375 g/mol. The highest BCUT2D eigenvalue weighted by Crippen LogP contribution is 2.29. The average molecular weight is 394 g/mol. The molecule has 0 amide bonds. The summed E-state index contributed by atoms with van der Waals surface area (Å²) in [4.78, 5) is 16.6. The average Bonchev–Trinajstić information content (AvgIpc) is 2.95. The number of likely N-dealkylation sites (N-methyl/N-ethyl adjacent to an activating group) is 1. The van der Waals surface area contributed by atoms with Crippen molar-refractivity contribution < 1.29 is 18.4 Å². The van der Waals surface area contributed by atoms with Crippen molar-refractivity contribution in [1.82, 2.24) is 4.98 Å². The third-order valence-electron chi connectivity index (χ3n) is 3.73. The first-order chi connectivity index (χ1) is 12.2. The molecule has 26 heavy (non-hydrogen) atoms. The molecule has 0 aliphatic rings. The standard InChI is InChI=1S/C19H19Cl2N2O3/c1-23(2,3)6-7-25-19(24)12-4-5-16-17(10-12)26-18(22-16)13-8-14(20)11-15(21)9-13/h4-5,8-11H,6-7H2,1-3H3/q+1. The normalized spacial score (nSPS) is 11.7. The quantitative estimate of drug-likeness (QED) is 0.466. The molecule has 0 unspecified atom stereocenters. The van der Waals surface area contributed by atoms with Crippen LogP contribution in [0, 0.1) is 0 Å². The monoisotopic (exact) mass is 393 g/mol. The molecule has 5 nitrogen and oxygen atoms in total. The number of hydrogen-bond donors (Lipinski definition) is 0. The van der Waals surface area contributed by atoms with Gasteiger partial charge in [-0.05, 0) is 36.4 Å². The summed E-state index contributed by atoms with van der Waals surface area (Å²) >= 11 is 12.1. The minimum absolute atomic E-state index is 0.350. The summed E-state index contributed by atoms with van der Waals surface area (Å²) in [6.45, 7) is 1.08. The van der Waals surface area contributed by atoms with E-state index in [1.165, 1.54) is 0 Å². The summed E-state index contributed by atoms with van der Waals surface area (Å²) in [6, 6.07) is 10.1. The van der Waals surface area contributed by atoms with E-state index < -0.39 is 0 Å². The highest BCUT2D eigenvalue weighted by atomic mass is 35.5. The zero-order valence-electron chi connectivity index (χ0n) is 14.8. The number of hydrogen-bond acceptors (Lipinski definition) is 4. The Morgan fingerprint density at radius 3 is 2.46 bits per heavy atom. The number of fused-ring (bicyclic) bond motifs is 1. The second-order valence-corrected chi connectivity index (χ2v) is 7.88. The molecule has 0 spiro atoms. The second-order valence-electron chi connectivity index (χ2n) is 7.01. The molecular formula is C19H19Cl2N2O3+. The van der Waals surface area contributed by atoms with Gasteiger partial charge in [-0.1, -0.05) is 23.2 Å². The number of ether oxygens (including phenoxy) is 1. The van der Waals surface area contributed by atoms with Crippen molar-refractivity contribution in [3.05, 3.63) is 52.0 Å². The van der Waals surface area contributed by atoms with Crippen LogP contribution in [-0.2, 0) is 4.74 Å². The van der Waals surface area contributed by atoms with Gasteiger partial charge >= 0.3 is 5.97 Å². The van der Waals surface area contributed by atoms with E-state index >= 15 is 0 Å². The van der Waals surface area contributed by atoms with Crippen molar-refractivity contribution in [2.24, 2.45) is 0 Å². The van der Waals surface area contributed by atoms with Crippen LogP contribution in [0.1, 0.15) is 10.4 Å². The van der Waals surface area contributed by atoms with Gasteiger partial charge in [-0.15, -0.1) is 0 Å². The van der Waals surface area contributed by atoms with Crippen LogP contribution in [0.3, 0.4) is 0 Å². The van der Waals surface area contributed by atoms with Crippen LogP contribution in [0.5, 0.6) is 0 Å². The van der Waals surface area contributed by atoms with Gasteiger partial charge < -0.3 is 13.6 Å². The van der Waals surface area contributed by atoms with Gasteiger partial charge in [-0.25, -0.2) is 9.78 Å². The van der Waals surface area contributed by atoms with Crippen LogP contribution >= 0.6 is 23.2 Å². The van der Waals surface area contributed by atoms with Gasteiger partial charge in [0, 0.05) is 15.6 Å². The van der Waals surface area contributed by atoms with Crippen LogP contribution in [-0.4, -0.2) is 49.7 Å². The molecule has 2 aromatic carbocycles. The van der Waals surface area contributed by atoms with Crippen LogP contribution in [0.25, 0.3) is 22.6 Å². The number of aromatic nitrogens is 1. The molecule has 0 saturated carbocycles. The first kappa shape index (κ1) is 18.7. The molecule has 1 aromatic heterocycles. The van der Waals surface area contributed by atoms with E-state index in [0.29, 0.717) is 44.8 Å². The van der Waals surface area contributed by atoms with E-state index in [1.807, 2.05) is 21.1 Å². The third kappa shape index (κ3) is 4.55. The molecule has 0 aliphatic heterocycles. The molecule has 1 heterocycles. The minimum Gasteiger partial charge on any atom is -0.456 e. The van der Waals surface area contributed by atoms with Crippen molar-refractivity contribution >= 4 is 40.3 Å². The fourth-order valence-corrected chi connectivity index (χ4v) is 2.87. The van der Waals surface area contributed by atoms with Crippen molar-refractivity contribution in [1.29, 1.82) is 0 Å². The Kier molecular flexibility index (Phi) is 5.23. The molecule has 0 saturated heterocycles. The molecule has 0 radical (unpaired) electrons. The molecule has 0 bridgehead atoms. The molecule has 136 valence electrons. The zero-order valence-corrected chi connectivity index (χ0v) is 16.3. The lowest BCUT2D eigenvalue weighted by atomic mass is 10.2. The van der Waals surface area contributed by atoms with E-state index in [-0.39, 0.29) is 5.97 Å². The summed E-state index contributed by atoms with van der Waals surface area (Å²) in [5.41, 5.74) is 2.23. The van der Waals surface area contributed by atoms with Gasteiger partial charge in [0.2, 0.25) is 5.89 Å². The minimum atomic E-state index is -0.385. The van der Waals surface area contributed by atoms with E-state index in [0.717, 1.165) is 11.0 Å². The fourth-order valence-electron chi connectivity index (χ4n) is 2.35. The maximum atomic E-state index is 12.2. The summed E-state index contributed by atoms with van der Waals surface area (Å²) in [6.07, 6.45) is 0. The lowest BCUT2D eigenvalue weighted by Gasteiger charge is -2.23. The Balaban J connectivity index is 1.82. The number of carbonyl (C=O) groups is 1. The molecule has 3 rings (SSSR count). The van der Waals surface area contributed by atoms with Crippen molar-refractivity contribution in [2.45, 2.75) is 0 Å². The predicted octanol–water partition coefficient (Wildman–Crippen LogP) is 4.66. The zero-order chi connectivity index (χ0) is 18.9. The summed E-state index contributed by atoms with van der Waals surface area (Å²) in [7, 11) is 6.12. The topological polar surface area (TPSA) is 52.3 Å². The van der Waals surface area contributed by atoms with Crippen molar-refractivity contribution in [3.63, 3.8) is 0 Å². The number of halogens is 2. The molecule has 3 aromatic rings. The highest BCUT2D eigenvalue weighted by Gasteiger charge is 2.15. The van der Waals surface area contributed by atoms with Crippen LogP contribution in [0.2, 0.25) is 10.0 Å². The SMILES string of the molecule is C[N+](C)(C)CCOC(=O)c1ccc2nc(-c3cc(Cl)cc(Cl)c3)oc2c1. The smallest absolute Gasteiger partial charge is 0.338 e. The first-order valence-electron chi connectivity index (χ1n) is 8.06. The number of rotatable bonds is 5. The summed E-state index contributed by atoms with van der Waals surface area (Å²) in [5.74, 6) is 0.00375. The first-order valence-corrected chi connectivity index (χ1v) is 8.81. The van der Waals surface area contributed by atoms with Gasteiger partial charge in [-0.2, -0.15) is 0 Å². The van der Waals surface area contributed by atoms with Crippen LogP contribution in [0.4, 0.5) is 0 Å². The van der Waals surface area contributed by atoms with Crippen molar-refractivity contribution in [2.75, 3.05) is 34.3 Å². The Morgan fingerprint density at radius 1 is 1.12 bits per heavy atom.